The molecule has 1 aliphatic rings. The van der Waals surface area contributed by atoms with Crippen LogP contribution in [-0.2, 0) is 19.3 Å². The summed E-state index contributed by atoms with van der Waals surface area (Å²) in [5.74, 6) is 0. The fourth-order valence-corrected chi connectivity index (χ4v) is 3.01. The summed E-state index contributed by atoms with van der Waals surface area (Å²) in [6.45, 7) is 3.16. The SMILES string of the molecule is Cc1ccc(CCc2nnc(CCNC3CC3)s2)cc1. The molecule has 1 saturated carbocycles. The maximum absolute atomic E-state index is 4.30. The van der Waals surface area contributed by atoms with Crippen molar-refractivity contribution in [1.29, 1.82) is 0 Å². The van der Waals surface area contributed by atoms with Crippen molar-refractivity contribution >= 4 is 11.3 Å². The van der Waals surface area contributed by atoms with Crippen LogP contribution in [0.5, 0.6) is 0 Å². The average molecular weight is 287 g/mol. The molecule has 20 heavy (non-hydrogen) atoms. The predicted octanol–water partition coefficient (Wildman–Crippen LogP) is 2.93. The maximum atomic E-state index is 4.30. The Kier molecular flexibility index (Phi) is 4.43. The standard InChI is InChI=1S/C16H21N3S/c1-12-2-4-13(5-3-12)6-9-15-18-19-16(20-15)10-11-17-14-7-8-14/h2-5,14,17H,6-11H2,1H3. The van der Waals surface area contributed by atoms with E-state index in [0.29, 0.717) is 0 Å². The number of nitrogens with zero attached hydrogens (tertiary/aromatic N) is 2. The van der Waals surface area contributed by atoms with Crippen LogP contribution in [0.2, 0.25) is 0 Å². The maximum Gasteiger partial charge on any atom is 0.118 e. The van der Waals surface area contributed by atoms with Crippen LogP contribution in [0.1, 0.15) is 34.0 Å². The van der Waals surface area contributed by atoms with Gasteiger partial charge in [0.1, 0.15) is 10.0 Å². The van der Waals surface area contributed by atoms with Crippen LogP contribution < -0.4 is 5.32 Å². The van der Waals surface area contributed by atoms with Gasteiger partial charge in [0.2, 0.25) is 0 Å². The lowest BCUT2D eigenvalue weighted by Crippen LogP contribution is -2.19. The lowest BCUT2D eigenvalue weighted by molar-refractivity contribution is 0.677. The van der Waals surface area contributed by atoms with E-state index >= 15 is 0 Å². The highest BCUT2D eigenvalue weighted by molar-refractivity contribution is 7.11. The molecule has 1 aromatic carbocycles. The molecular weight excluding hydrogens is 266 g/mol. The van der Waals surface area contributed by atoms with Gasteiger partial charge in [-0.05, 0) is 31.7 Å². The quantitative estimate of drug-likeness (QED) is 0.851. The second kappa shape index (κ2) is 6.46. The van der Waals surface area contributed by atoms with Crippen molar-refractivity contribution in [2.75, 3.05) is 6.54 Å². The summed E-state index contributed by atoms with van der Waals surface area (Å²) in [4.78, 5) is 0. The van der Waals surface area contributed by atoms with Gasteiger partial charge in [-0.15, -0.1) is 21.5 Å². The molecule has 0 aliphatic heterocycles. The van der Waals surface area contributed by atoms with Gasteiger partial charge in [-0.2, -0.15) is 0 Å². The molecule has 4 heteroatoms. The Bertz CT molecular complexity index is 543. The molecule has 1 aromatic heterocycles. The monoisotopic (exact) mass is 287 g/mol. The highest BCUT2D eigenvalue weighted by atomic mass is 32.1. The van der Waals surface area contributed by atoms with Gasteiger partial charge in [-0.1, -0.05) is 29.8 Å². The molecule has 1 N–H and O–H groups in total. The summed E-state index contributed by atoms with van der Waals surface area (Å²) in [5, 5.41) is 14.4. The van der Waals surface area contributed by atoms with Gasteiger partial charge in [-0.3, -0.25) is 0 Å². The number of rotatable bonds is 7. The third-order valence-electron chi connectivity index (χ3n) is 3.61. The Morgan fingerprint density at radius 3 is 2.45 bits per heavy atom. The molecule has 0 bridgehead atoms. The normalized spacial score (nSPS) is 14.7. The minimum Gasteiger partial charge on any atom is -0.314 e. The first-order valence-corrected chi connectivity index (χ1v) is 8.21. The summed E-state index contributed by atoms with van der Waals surface area (Å²) in [6, 6.07) is 9.53. The summed E-state index contributed by atoms with van der Waals surface area (Å²) >= 11 is 1.77. The van der Waals surface area contributed by atoms with Crippen molar-refractivity contribution in [2.24, 2.45) is 0 Å². The van der Waals surface area contributed by atoms with Crippen LogP contribution in [0.15, 0.2) is 24.3 Å². The zero-order chi connectivity index (χ0) is 13.8. The van der Waals surface area contributed by atoms with Crippen LogP contribution in [-0.4, -0.2) is 22.8 Å². The van der Waals surface area contributed by atoms with E-state index in [1.165, 1.54) is 24.0 Å². The van der Waals surface area contributed by atoms with Gasteiger partial charge < -0.3 is 5.32 Å². The van der Waals surface area contributed by atoms with Crippen LogP contribution in [0, 0.1) is 6.92 Å². The van der Waals surface area contributed by atoms with Gasteiger partial charge >= 0.3 is 0 Å². The Balaban J connectivity index is 1.45. The lowest BCUT2D eigenvalue weighted by atomic mass is 10.1. The molecule has 3 rings (SSSR count). The van der Waals surface area contributed by atoms with Crippen LogP contribution >= 0.6 is 11.3 Å². The van der Waals surface area contributed by atoms with Crippen molar-refractivity contribution in [3.05, 3.63) is 45.4 Å². The average Bonchev–Trinajstić information content (AvgIpc) is 3.16. The second-order valence-corrected chi connectivity index (χ2v) is 6.70. The Morgan fingerprint density at radius 2 is 1.75 bits per heavy atom. The molecule has 0 amide bonds. The molecule has 0 unspecified atom stereocenters. The topological polar surface area (TPSA) is 37.8 Å². The fourth-order valence-electron chi connectivity index (χ4n) is 2.17. The highest BCUT2D eigenvalue weighted by Crippen LogP contribution is 2.19. The number of nitrogens with one attached hydrogen (secondary N) is 1. The summed E-state index contributed by atoms with van der Waals surface area (Å²) < 4.78 is 0. The molecule has 1 heterocycles. The van der Waals surface area contributed by atoms with E-state index in [9.17, 15) is 0 Å². The number of hydrogen-bond donors (Lipinski definition) is 1. The molecular formula is C16H21N3S. The summed E-state index contributed by atoms with van der Waals surface area (Å²) in [5.41, 5.74) is 2.69. The molecule has 106 valence electrons. The van der Waals surface area contributed by atoms with Crippen molar-refractivity contribution in [3.63, 3.8) is 0 Å². The van der Waals surface area contributed by atoms with Gasteiger partial charge in [0.25, 0.3) is 0 Å². The van der Waals surface area contributed by atoms with Crippen LogP contribution in [0.4, 0.5) is 0 Å². The van der Waals surface area contributed by atoms with Gasteiger partial charge in [0.05, 0.1) is 0 Å². The van der Waals surface area contributed by atoms with Crippen LogP contribution in [0.3, 0.4) is 0 Å². The lowest BCUT2D eigenvalue weighted by Gasteiger charge is -1.99. The van der Waals surface area contributed by atoms with E-state index in [1.54, 1.807) is 11.3 Å². The van der Waals surface area contributed by atoms with Crippen LogP contribution in [0.25, 0.3) is 0 Å². The van der Waals surface area contributed by atoms with Crippen molar-refractivity contribution in [2.45, 2.75) is 45.1 Å². The third-order valence-corrected chi connectivity index (χ3v) is 4.65. The smallest absolute Gasteiger partial charge is 0.118 e. The van der Waals surface area contributed by atoms with Gasteiger partial charge in [-0.25, -0.2) is 0 Å². The molecule has 0 atom stereocenters. The summed E-state index contributed by atoms with van der Waals surface area (Å²) in [7, 11) is 0. The van der Waals surface area contributed by atoms with E-state index in [1.807, 2.05) is 0 Å². The van der Waals surface area contributed by atoms with E-state index < -0.39 is 0 Å². The zero-order valence-electron chi connectivity index (χ0n) is 11.9. The number of aromatic nitrogens is 2. The minimum absolute atomic E-state index is 0.781. The van der Waals surface area contributed by atoms with E-state index in [0.717, 1.165) is 41.9 Å². The molecule has 2 aromatic rings. The molecule has 0 spiro atoms. The zero-order valence-corrected chi connectivity index (χ0v) is 12.7. The first-order chi connectivity index (χ1) is 9.79. The largest absolute Gasteiger partial charge is 0.314 e. The van der Waals surface area contributed by atoms with E-state index in [4.69, 9.17) is 0 Å². The highest BCUT2D eigenvalue weighted by Gasteiger charge is 2.19. The van der Waals surface area contributed by atoms with Gasteiger partial charge in [0.15, 0.2) is 0 Å². The number of hydrogen-bond acceptors (Lipinski definition) is 4. The number of aryl methyl sites for hydroxylation is 3. The minimum atomic E-state index is 0.781. The summed E-state index contributed by atoms with van der Waals surface area (Å²) in [6.07, 6.45) is 5.75. The second-order valence-electron chi connectivity index (χ2n) is 5.55. The molecule has 3 nitrogen and oxygen atoms in total. The van der Waals surface area contributed by atoms with E-state index in [-0.39, 0.29) is 0 Å². The Morgan fingerprint density at radius 1 is 1.05 bits per heavy atom. The molecule has 1 aliphatic carbocycles. The van der Waals surface area contributed by atoms with Crippen molar-refractivity contribution < 1.29 is 0 Å². The van der Waals surface area contributed by atoms with Gasteiger partial charge in [0, 0.05) is 25.4 Å². The first kappa shape index (κ1) is 13.7. The molecule has 1 fully saturated rings. The molecule has 0 saturated heterocycles. The van der Waals surface area contributed by atoms with E-state index in [2.05, 4.69) is 46.7 Å². The Hall–Kier alpha value is -1.26. The van der Waals surface area contributed by atoms with Crippen molar-refractivity contribution in [1.82, 2.24) is 15.5 Å². The fraction of sp³-hybridized carbons (Fsp3) is 0.500. The van der Waals surface area contributed by atoms with Crippen molar-refractivity contribution in [3.8, 4) is 0 Å². The predicted molar refractivity (Wildman–Crippen MR) is 83.2 cm³/mol. The first-order valence-electron chi connectivity index (χ1n) is 7.40. The third kappa shape index (κ3) is 4.12. The molecule has 0 radical (unpaired) electrons. The Labute approximate surface area is 124 Å². The number of benzene rings is 1.